The van der Waals surface area contributed by atoms with E-state index in [2.05, 4.69) is 5.32 Å². The highest BCUT2D eigenvalue weighted by Gasteiger charge is 2.23. The number of ether oxygens (including phenoxy) is 1. The largest absolute Gasteiger partial charge is 0.496 e. The molecular formula is C10H12N2O5S. The smallest absolute Gasteiger partial charge is 0.326 e. The number of aliphatic carboxylic acids is 1. The lowest BCUT2D eigenvalue weighted by atomic mass is 10.2. The molecule has 8 heteroatoms. The zero-order valence-corrected chi connectivity index (χ0v) is 10.3. The second-order valence-electron chi connectivity index (χ2n) is 3.39. The van der Waals surface area contributed by atoms with E-state index in [-0.39, 0.29) is 0 Å². The van der Waals surface area contributed by atoms with Crippen molar-refractivity contribution in [2.24, 2.45) is 5.73 Å². The summed E-state index contributed by atoms with van der Waals surface area (Å²) < 4.78 is 4.90. The molecule has 0 aliphatic carbocycles. The number of hydrogen-bond acceptors (Lipinski definition) is 5. The van der Waals surface area contributed by atoms with Crippen LogP contribution in [0.4, 0.5) is 0 Å². The molecule has 2 amide bonds. The van der Waals surface area contributed by atoms with Gasteiger partial charge in [-0.15, -0.1) is 11.3 Å². The maximum atomic E-state index is 11.7. The number of primary amides is 1. The molecule has 1 heterocycles. The standard InChI is InChI=1S/C10H12N2O5S/c1-17-5-2-7(18-4-5)9(14)12-6(10(15)16)3-8(11)13/h2,4,6H,3H2,1H3,(H2,11,13)(H,12,14)(H,15,16)/t6-/m0/s1. The first-order valence-corrected chi connectivity index (χ1v) is 5.76. The van der Waals surface area contributed by atoms with Gasteiger partial charge in [-0.05, 0) is 0 Å². The molecule has 0 saturated heterocycles. The zero-order valence-electron chi connectivity index (χ0n) is 9.50. The van der Waals surface area contributed by atoms with Crippen LogP contribution in [0.15, 0.2) is 11.4 Å². The van der Waals surface area contributed by atoms with Gasteiger partial charge >= 0.3 is 5.97 Å². The summed E-state index contributed by atoms with van der Waals surface area (Å²) in [6.07, 6.45) is -0.455. The quantitative estimate of drug-likeness (QED) is 0.663. The predicted octanol–water partition coefficient (Wildman–Crippen LogP) is -0.185. The first kappa shape index (κ1) is 14.0. The number of hydrogen-bond donors (Lipinski definition) is 3. The normalized spacial score (nSPS) is 11.6. The van der Waals surface area contributed by atoms with Crippen LogP contribution < -0.4 is 15.8 Å². The second kappa shape index (κ2) is 6.01. The molecule has 0 spiro atoms. The van der Waals surface area contributed by atoms with E-state index in [9.17, 15) is 14.4 Å². The van der Waals surface area contributed by atoms with Crippen LogP contribution >= 0.6 is 11.3 Å². The lowest BCUT2D eigenvalue weighted by molar-refractivity contribution is -0.140. The highest BCUT2D eigenvalue weighted by Crippen LogP contribution is 2.20. The number of carbonyl (C=O) groups is 3. The summed E-state index contributed by atoms with van der Waals surface area (Å²) in [5, 5.41) is 12.7. The fourth-order valence-corrected chi connectivity index (χ4v) is 1.93. The summed E-state index contributed by atoms with van der Waals surface area (Å²) in [5.74, 6) is -2.19. The van der Waals surface area contributed by atoms with Crippen molar-refractivity contribution in [1.82, 2.24) is 5.32 Å². The molecular weight excluding hydrogens is 260 g/mol. The minimum absolute atomic E-state index is 0.294. The van der Waals surface area contributed by atoms with Crippen molar-refractivity contribution in [2.45, 2.75) is 12.5 Å². The number of nitrogens with one attached hydrogen (secondary N) is 1. The summed E-state index contributed by atoms with van der Waals surface area (Å²) in [4.78, 5) is 33.5. The van der Waals surface area contributed by atoms with Crippen LogP contribution in [0.1, 0.15) is 16.1 Å². The van der Waals surface area contributed by atoms with Crippen molar-refractivity contribution in [2.75, 3.05) is 7.11 Å². The summed E-state index contributed by atoms with van der Waals surface area (Å²) in [7, 11) is 1.46. The van der Waals surface area contributed by atoms with Gasteiger partial charge in [-0.25, -0.2) is 4.79 Å². The van der Waals surface area contributed by atoms with Crippen LogP contribution in [-0.4, -0.2) is 36.0 Å². The molecule has 18 heavy (non-hydrogen) atoms. The number of carbonyl (C=O) groups excluding carboxylic acids is 2. The number of carboxylic acid groups (broad SMARTS) is 1. The van der Waals surface area contributed by atoms with E-state index in [0.717, 1.165) is 11.3 Å². The van der Waals surface area contributed by atoms with E-state index < -0.39 is 30.2 Å². The van der Waals surface area contributed by atoms with E-state index >= 15 is 0 Å². The van der Waals surface area contributed by atoms with Crippen LogP contribution in [0.5, 0.6) is 5.75 Å². The minimum Gasteiger partial charge on any atom is -0.496 e. The molecule has 0 aromatic carbocycles. The Morgan fingerprint density at radius 2 is 2.22 bits per heavy atom. The van der Waals surface area contributed by atoms with E-state index in [1.165, 1.54) is 13.2 Å². The first-order chi connectivity index (χ1) is 8.43. The van der Waals surface area contributed by atoms with Gasteiger partial charge in [-0.3, -0.25) is 9.59 Å². The van der Waals surface area contributed by atoms with Gasteiger partial charge in [0.15, 0.2) is 0 Å². The van der Waals surface area contributed by atoms with Crippen molar-refractivity contribution >= 4 is 29.1 Å². The van der Waals surface area contributed by atoms with Crippen LogP contribution in [0.3, 0.4) is 0 Å². The molecule has 1 aromatic rings. The molecule has 0 aliphatic heterocycles. The lowest BCUT2D eigenvalue weighted by Gasteiger charge is -2.11. The average molecular weight is 272 g/mol. The van der Waals surface area contributed by atoms with Gasteiger partial charge in [0.25, 0.3) is 5.91 Å². The maximum Gasteiger partial charge on any atom is 0.326 e. The average Bonchev–Trinajstić information content (AvgIpc) is 2.75. The van der Waals surface area contributed by atoms with Gasteiger partial charge in [0.2, 0.25) is 5.91 Å². The Kier molecular flexibility index (Phi) is 4.67. The fraction of sp³-hybridized carbons (Fsp3) is 0.300. The predicted molar refractivity (Wildman–Crippen MR) is 63.6 cm³/mol. The van der Waals surface area contributed by atoms with Crippen molar-refractivity contribution in [3.63, 3.8) is 0 Å². The number of rotatable bonds is 6. The molecule has 0 saturated carbocycles. The molecule has 4 N–H and O–H groups in total. The SMILES string of the molecule is COc1csc(C(=O)N[C@@H](CC(N)=O)C(=O)O)c1. The molecule has 0 aliphatic rings. The number of thiophene rings is 1. The molecule has 98 valence electrons. The lowest BCUT2D eigenvalue weighted by Crippen LogP contribution is -2.43. The van der Waals surface area contributed by atoms with Crippen molar-refractivity contribution in [3.05, 3.63) is 16.3 Å². The summed E-state index contributed by atoms with van der Waals surface area (Å²) in [5.41, 5.74) is 4.90. The minimum atomic E-state index is -1.33. The maximum absolute atomic E-state index is 11.7. The molecule has 0 bridgehead atoms. The van der Waals surface area contributed by atoms with Crippen LogP contribution in [0.2, 0.25) is 0 Å². The van der Waals surface area contributed by atoms with Gasteiger partial charge in [0.1, 0.15) is 11.8 Å². The number of amides is 2. The molecule has 1 rings (SSSR count). The molecule has 7 nitrogen and oxygen atoms in total. The third kappa shape index (κ3) is 3.74. The molecule has 1 atom stereocenters. The van der Waals surface area contributed by atoms with E-state index in [1.54, 1.807) is 5.38 Å². The monoisotopic (exact) mass is 272 g/mol. The summed E-state index contributed by atoms with van der Waals surface area (Å²) in [6.45, 7) is 0. The second-order valence-corrected chi connectivity index (χ2v) is 4.30. The van der Waals surface area contributed by atoms with E-state index in [1.807, 2.05) is 0 Å². The van der Waals surface area contributed by atoms with Gasteiger partial charge in [-0.2, -0.15) is 0 Å². The van der Waals surface area contributed by atoms with Crippen LogP contribution in [0, 0.1) is 0 Å². The fourth-order valence-electron chi connectivity index (χ4n) is 1.18. The Morgan fingerprint density at radius 1 is 1.56 bits per heavy atom. The Balaban J connectivity index is 2.71. The molecule has 0 unspecified atom stereocenters. The van der Waals surface area contributed by atoms with Crippen molar-refractivity contribution in [1.29, 1.82) is 0 Å². The van der Waals surface area contributed by atoms with Crippen LogP contribution in [-0.2, 0) is 9.59 Å². The Bertz CT molecular complexity index is 471. The van der Waals surface area contributed by atoms with Crippen molar-refractivity contribution < 1.29 is 24.2 Å². The summed E-state index contributed by atoms with van der Waals surface area (Å²) in [6, 6.07) is 0.145. The molecule has 1 aromatic heterocycles. The van der Waals surface area contributed by atoms with Crippen LogP contribution in [0.25, 0.3) is 0 Å². The topological polar surface area (TPSA) is 119 Å². The summed E-state index contributed by atoms with van der Waals surface area (Å²) >= 11 is 1.11. The number of carboxylic acids is 1. The Hall–Kier alpha value is -2.09. The van der Waals surface area contributed by atoms with Crippen molar-refractivity contribution in [3.8, 4) is 5.75 Å². The zero-order chi connectivity index (χ0) is 13.7. The van der Waals surface area contributed by atoms with E-state index in [0.29, 0.717) is 10.6 Å². The third-order valence-electron chi connectivity index (χ3n) is 2.04. The Labute approximate surface area is 107 Å². The number of nitrogens with two attached hydrogens (primary N) is 1. The highest BCUT2D eigenvalue weighted by molar-refractivity contribution is 7.12. The van der Waals surface area contributed by atoms with Gasteiger partial charge < -0.3 is 20.9 Å². The van der Waals surface area contributed by atoms with E-state index in [4.69, 9.17) is 15.6 Å². The number of methoxy groups -OCH3 is 1. The van der Waals surface area contributed by atoms with Gasteiger partial charge in [0, 0.05) is 11.4 Å². The van der Waals surface area contributed by atoms with Gasteiger partial charge in [0.05, 0.1) is 18.4 Å². The molecule has 0 fully saturated rings. The Morgan fingerprint density at radius 3 is 2.67 bits per heavy atom. The first-order valence-electron chi connectivity index (χ1n) is 4.88. The molecule has 0 radical (unpaired) electrons. The highest BCUT2D eigenvalue weighted by atomic mass is 32.1. The van der Waals surface area contributed by atoms with Gasteiger partial charge in [-0.1, -0.05) is 0 Å². The third-order valence-corrected chi connectivity index (χ3v) is 2.95.